The second-order valence-electron chi connectivity index (χ2n) is 7.05. The molecule has 2 aromatic rings. The maximum absolute atomic E-state index is 13.0. The number of rotatable bonds is 7. The van der Waals surface area contributed by atoms with Crippen molar-refractivity contribution >= 4 is 12.4 Å². The molecule has 0 bridgehead atoms. The van der Waals surface area contributed by atoms with Crippen molar-refractivity contribution in [3.63, 3.8) is 0 Å². The Balaban J connectivity index is 0.00000280. The van der Waals surface area contributed by atoms with Gasteiger partial charge in [-0.1, -0.05) is 12.1 Å². The summed E-state index contributed by atoms with van der Waals surface area (Å²) in [4.78, 5) is 2.15. The molecule has 0 amide bonds. The highest BCUT2D eigenvalue weighted by atomic mass is 35.5. The van der Waals surface area contributed by atoms with Crippen molar-refractivity contribution in [3.05, 3.63) is 65.7 Å². The number of aliphatic hydroxyl groups is 2. The highest BCUT2D eigenvalue weighted by Crippen LogP contribution is 2.30. The van der Waals surface area contributed by atoms with Crippen molar-refractivity contribution in [3.8, 4) is 5.75 Å². The van der Waals surface area contributed by atoms with Crippen LogP contribution in [0.15, 0.2) is 48.5 Å². The summed E-state index contributed by atoms with van der Waals surface area (Å²) in [6.45, 7) is 2.18. The van der Waals surface area contributed by atoms with Gasteiger partial charge in [0, 0.05) is 6.54 Å². The lowest BCUT2D eigenvalue weighted by atomic mass is 9.87. The Hall–Kier alpha value is -1.73. The van der Waals surface area contributed by atoms with Crippen molar-refractivity contribution in [1.82, 2.24) is 4.90 Å². The second-order valence-corrected chi connectivity index (χ2v) is 7.05. The Labute approximate surface area is 170 Å². The van der Waals surface area contributed by atoms with Gasteiger partial charge in [-0.25, -0.2) is 8.78 Å². The second kappa shape index (κ2) is 10.7. The van der Waals surface area contributed by atoms with E-state index in [1.54, 1.807) is 12.1 Å². The first-order chi connectivity index (χ1) is 13.0. The quantitative estimate of drug-likeness (QED) is 0.728. The van der Waals surface area contributed by atoms with E-state index in [0.29, 0.717) is 12.3 Å². The minimum Gasteiger partial charge on any atom is -0.491 e. The van der Waals surface area contributed by atoms with Gasteiger partial charge in [0.2, 0.25) is 0 Å². The van der Waals surface area contributed by atoms with Gasteiger partial charge in [0.15, 0.2) is 0 Å². The third kappa shape index (κ3) is 6.41. The largest absolute Gasteiger partial charge is 0.491 e. The predicted octanol–water partition coefficient (Wildman–Crippen LogP) is 3.57. The zero-order valence-corrected chi connectivity index (χ0v) is 16.3. The molecule has 0 spiro atoms. The summed E-state index contributed by atoms with van der Waals surface area (Å²) in [5.74, 6) is 0.0158. The van der Waals surface area contributed by atoms with Gasteiger partial charge in [-0.05, 0) is 73.8 Å². The molecule has 0 aliphatic carbocycles. The molecule has 28 heavy (non-hydrogen) atoms. The van der Waals surface area contributed by atoms with Crippen LogP contribution < -0.4 is 4.74 Å². The molecule has 2 N–H and O–H groups in total. The molecule has 1 fully saturated rings. The summed E-state index contributed by atoms with van der Waals surface area (Å²) in [7, 11) is 0. The summed E-state index contributed by atoms with van der Waals surface area (Å²) < 4.78 is 31.4. The molecule has 0 aromatic heterocycles. The van der Waals surface area contributed by atoms with E-state index < -0.39 is 12.2 Å². The van der Waals surface area contributed by atoms with E-state index in [2.05, 4.69) is 4.90 Å². The summed E-state index contributed by atoms with van der Waals surface area (Å²) in [6.07, 6.45) is 0.377. The first-order valence-corrected chi connectivity index (χ1v) is 9.23. The molecule has 2 aromatic carbocycles. The molecule has 3 rings (SSSR count). The van der Waals surface area contributed by atoms with Crippen LogP contribution in [0.5, 0.6) is 5.75 Å². The van der Waals surface area contributed by atoms with Crippen LogP contribution in [0.25, 0.3) is 0 Å². The molecule has 7 heteroatoms. The van der Waals surface area contributed by atoms with Crippen LogP contribution in [0, 0.1) is 17.6 Å². The normalized spacial score (nSPS) is 17.6. The summed E-state index contributed by atoms with van der Waals surface area (Å²) in [6, 6.07) is 11.7. The van der Waals surface area contributed by atoms with Crippen LogP contribution in [0.2, 0.25) is 0 Å². The van der Waals surface area contributed by atoms with Crippen LogP contribution in [0.4, 0.5) is 8.78 Å². The van der Waals surface area contributed by atoms with E-state index in [1.165, 1.54) is 36.4 Å². The third-order valence-electron chi connectivity index (χ3n) is 5.02. The van der Waals surface area contributed by atoms with E-state index >= 15 is 0 Å². The molecule has 1 aliphatic heterocycles. The van der Waals surface area contributed by atoms with Crippen LogP contribution in [-0.2, 0) is 0 Å². The van der Waals surface area contributed by atoms with E-state index in [0.717, 1.165) is 31.5 Å². The van der Waals surface area contributed by atoms with Crippen molar-refractivity contribution in [2.24, 2.45) is 5.92 Å². The van der Waals surface area contributed by atoms with E-state index in [-0.39, 0.29) is 36.6 Å². The van der Waals surface area contributed by atoms with Crippen molar-refractivity contribution < 1.29 is 23.7 Å². The molecular formula is C21H26ClF2NO3. The Morgan fingerprint density at radius 1 is 0.929 bits per heavy atom. The van der Waals surface area contributed by atoms with Gasteiger partial charge in [0.25, 0.3) is 0 Å². The van der Waals surface area contributed by atoms with Gasteiger partial charge in [-0.2, -0.15) is 0 Å². The lowest BCUT2D eigenvalue weighted by Crippen LogP contribution is -2.41. The van der Waals surface area contributed by atoms with Crippen LogP contribution in [-0.4, -0.2) is 47.5 Å². The average molecular weight is 414 g/mol. The molecule has 4 nitrogen and oxygen atoms in total. The fourth-order valence-corrected chi connectivity index (χ4v) is 3.46. The van der Waals surface area contributed by atoms with Crippen LogP contribution in [0.1, 0.15) is 24.5 Å². The number of hydrogen-bond acceptors (Lipinski definition) is 4. The Morgan fingerprint density at radius 2 is 1.46 bits per heavy atom. The fourth-order valence-electron chi connectivity index (χ4n) is 3.46. The number of likely N-dealkylation sites (tertiary alicyclic amines) is 1. The molecule has 1 saturated heterocycles. The van der Waals surface area contributed by atoms with Gasteiger partial charge in [0.05, 0.1) is 6.10 Å². The average Bonchev–Trinajstić information content (AvgIpc) is 2.68. The third-order valence-corrected chi connectivity index (χ3v) is 5.02. The molecule has 0 saturated carbocycles. The molecule has 1 heterocycles. The smallest absolute Gasteiger partial charge is 0.123 e. The maximum atomic E-state index is 13.0. The number of nitrogens with zero attached hydrogens (tertiary/aromatic N) is 1. The minimum absolute atomic E-state index is 0. The van der Waals surface area contributed by atoms with Crippen LogP contribution >= 0.6 is 12.4 Å². The SMILES string of the molecule is Cl.OC(COc1ccc(F)cc1)CN1CCC(C(O)c2ccc(F)cc2)CC1. The summed E-state index contributed by atoms with van der Waals surface area (Å²) >= 11 is 0. The number of aliphatic hydroxyl groups excluding tert-OH is 2. The number of piperidine rings is 1. The summed E-state index contributed by atoms with van der Waals surface area (Å²) in [5.41, 5.74) is 0.739. The Bertz CT molecular complexity index is 707. The van der Waals surface area contributed by atoms with Gasteiger partial charge >= 0.3 is 0 Å². The van der Waals surface area contributed by atoms with Gasteiger partial charge in [-0.3, -0.25) is 0 Å². The maximum Gasteiger partial charge on any atom is 0.123 e. The van der Waals surface area contributed by atoms with E-state index in [1.807, 2.05) is 0 Å². The number of hydrogen-bond donors (Lipinski definition) is 2. The number of halogens is 3. The molecule has 2 unspecified atom stereocenters. The Kier molecular flexibility index (Phi) is 8.63. The zero-order valence-electron chi connectivity index (χ0n) is 15.5. The van der Waals surface area contributed by atoms with Gasteiger partial charge in [-0.15, -0.1) is 12.4 Å². The van der Waals surface area contributed by atoms with Crippen molar-refractivity contribution in [2.75, 3.05) is 26.2 Å². The minimum atomic E-state index is -0.645. The van der Waals surface area contributed by atoms with Crippen molar-refractivity contribution in [2.45, 2.75) is 25.0 Å². The molecular weight excluding hydrogens is 388 g/mol. The van der Waals surface area contributed by atoms with Gasteiger partial charge in [0.1, 0.15) is 30.1 Å². The van der Waals surface area contributed by atoms with Crippen molar-refractivity contribution in [1.29, 1.82) is 0 Å². The highest BCUT2D eigenvalue weighted by Gasteiger charge is 2.27. The first kappa shape index (κ1) is 22.6. The molecule has 2 atom stereocenters. The standard InChI is InChI=1S/C21H25F2NO3.ClH/c22-17-3-1-15(2-4-17)21(26)16-9-11-24(12-10-16)13-19(25)14-27-20-7-5-18(23)6-8-20;/h1-8,16,19,21,25-26H,9-14H2;1H. The fraction of sp³-hybridized carbons (Fsp3) is 0.429. The lowest BCUT2D eigenvalue weighted by Gasteiger charge is -2.35. The zero-order chi connectivity index (χ0) is 19.2. The van der Waals surface area contributed by atoms with Crippen LogP contribution in [0.3, 0.4) is 0 Å². The molecule has 0 radical (unpaired) electrons. The lowest BCUT2D eigenvalue weighted by molar-refractivity contribution is 0.0278. The van der Waals surface area contributed by atoms with E-state index in [9.17, 15) is 19.0 Å². The number of benzene rings is 2. The summed E-state index contributed by atoms with van der Waals surface area (Å²) in [5, 5.41) is 20.7. The highest BCUT2D eigenvalue weighted by molar-refractivity contribution is 5.85. The molecule has 154 valence electrons. The number of β-amino-alcohol motifs (C(OH)–C–C–N with tert-alkyl or cyclic N) is 1. The predicted molar refractivity (Wildman–Crippen MR) is 106 cm³/mol. The Morgan fingerprint density at radius 3 is 2.04 bits per heavy atom. The first-order valence-electron chi connectivity index (χ1n) is 9.23. The topological polar surface area (TPSA) is 52.9 Å². The molecule has 1 aliphatic rings. The van der Waals surface area contributed by atoms with E-state index in [4.69, 9.17) is 4.74 Å². The monoisotopic (exact) mass is 413 g/mol. The van der Waals surface area contributed by atoms with Gasteiger partial charge < -0.3 is 19.8 Å². The number of ether oxygens (including phenoxy) is 1.